The molecule has 1 amide bonds. The van der Waals surface area contributed by atoms with Crippen molar-refractivity contribution in [2.45, 2.75) is 38.0 Å². The first kappa shape index (κ1) is 13.3. The average molecular weight is 286 g/mol. The van der Waals surface area contributed by atoms with Gasteiger partial charge in [0, 0.05) is 5.38 Å². The van der Waals surface area contributed by atoms with Crippen molar-refractivity contribution in [3.8, 4) is 0 Å². The minimum absolute atomic E-state index is 0.0931. The third-order valence-corrected chi connectivity index (χ3v) is 4.93. The van der Waals surface area contributed by atoms with Gasteiger partial charge in [-0.05, 0) is 25.3 Å². The normalized spacial score (nSPS) is 17.1. The van der Waals surface area contributed by atoms with Crippen LogP contribution < -0.4 is 5.32 Å². The Labute approximate surface area is 123 Å². The molecule has 104 valence electrons. The van der Waals surface area contributed by atoms with E-state index in [2.05, 4.69) is 22.4 Å². The number of amides is 1. The lowest BCUT2D eigenvalue weighted by Gasteiger charge is -2.27. The van der Waals surface area contributed by atoms with Gasteiger partial charge < -0.3 is 5.32 Å². The van der Waals surface area contributed by atoms with Gasteiger partial charge >= 0.3 is 0 Å². The molecule has 1 aromatic heterocycles. The third kappa shape index (κ3) is 2.36. The molecule has 0 aliphatic heterocycles. The number of hydrogen-bond donors (Lipinski definition) is 1. The highest BCUT2D eigenvalue weighted by molar-refractivity contribution is 7.13. The summed E-state index contributed by atoms with van der Waals surface area (Å²) in [6, 6.07) is 10.1. The summed E-state index contributed by atoms with van der Waals surface area (Å²) in [6.45, 7) is 1.94. The molecule has 20 heavy (non-hydrogen) atoms. The number of aromatic nitrogens is 1. The number of carbonyl (C=O) groups excluding carboxylic acids is 1. The maximum Gasteiger partial charge on any atom is 0.236 e. The summed E-state index contributed by atoms with van der Waals surface area (Å²) in [5.74, 6) is 0.0931. The van der Waals surface area contributed by atoms with Crippen molar-refractivity contribution in [3.63, 3.8) is 0 Å². The molecule has 1 aliphatic carbocycles. The highest BCUT2D eigenvalue weighted by atomic mass is 32.1. The Morgan fingerprint density at radius 2 is 1.95 bits per heavy atom. The van der Waals surface area contributed by atoms with Crippen LogP contribution in [-0.4, -0.2) is 10.9 Å². The molecular weight excluding hydrogens is 268 g/mol. The third-order valence-electron chi connectivity index (χ3n) is 4.06. The summed E-state index contributed by atoms with van der Waals surface area (Å²) in [4.78, 5) is 17.1. The van der Waals surface area contributed by atoms with Crippen LogP contribution in [0.25, 0.3) is 0 Å². The zero-order valence-corrected chi connectivity index (χ0v) is 12.4. The van der Waals surface area contributed by atoms with Crippen molar-refractivity contribution in [1.82, 2.24) is 4.98 Å². The van der Waals surface area contributed by atoms with Crippen LogP contribution in [0.2, 0.25) is 0 Å². The van der Waals surface area contributed by atoms with E-state index in [0.717, 1.165) is 36.9 Å². The molecule has 2 aromatic rings. The van der Waals surface area contributed by atoms with Crippen molar-refractivity contribution in [3.05, 3.63) is 47.0 Å². The van der Waals surface area contributed by atoms with Gasteiger partial charge in [0.1, 0.15) is 0 Å². The Morgan fingerprint density at radius 3 is 2.55 bits per heavy atom. The molecule has 0 spiro atoms. The minimum Gasteiger partial charge on any atom is -0.301 e. The van der Waals surface area contributed by atoms with Crippen LogP contribution in [0.1, 0.15) is 36.9 Å². The largest absolute Gasteiger partial charge is 0.301 e. The van der Waals surface area contributed by atoms with E-state index in [4.69, 9.17) is 0 Å². The predicted octanol–water partition coefficient (Wildman–Crippen LogP) is 3.90. The maximum atomic E-state index is 12.8. The summed E-state index contributed by atoms with van der Waals surface area (Å²) < 4.78 is 0. The van der Waals surface area contributed by atoms with Crippen molar-refractivity contribution >= 4 is 22.4 Å². The van der Waals surface area contributed by atoms with E-state index in [1.807, 2.05) is 30.5 Å². The number of hydrogen-bond acceptors (Lipinski definition) is 3. The number of rotatable bonds is 3. The average Bonchev–Trinajstić information content (AvgIpc) is 3.10. The van der Waals surface area contributed by atoms with E-state index in [-0.39, 0.29) is 11.3 Å². The summed E-state index contributed by atoms with van der Waals surface area (Å²) in [6.07, 6.45) is 4.07. The lowest BCUT2D eigenvalue weighted by atomic mass is 9.78. The van der Waals surface area contributed by atoms with Crippen LogP contribution in [0.5, 0.6) is 0 Å². The Balaban J connectivity index is 1.89. The first-order valence-corrected chi connectivity index (χ1v) is 7.88. The van der Waals surface area contributed by atoms with Crippen LogP contribution in [0.3, 0.4) is 0 Å². The van der Waals surface area contributed by atoms with E-state index < -0.39 is 0 Å². The molecular formula is C16H18N2OS. The first-order chi connectivity index (χ1) is 9.71. The number of carbonyl (C=O) groups is 1. The highest BCUT2D eigenvalue weighted by Crippen LogP contribution is 2.42. The zero-order chi connectivity index (χ0) is 14.0. The van der Waals surface area contributed by atoms with E-state index in [0.29, 0.717) is 5.13 Å². The maximum absolute atomic E-state index is 12.8. The molecule has 0 bridgehead atoms. The fourth-order valence-electron chi connectivity index (χ4n) is 3.01. The number of thiazole rings is 1. The van der Waals surface area contributed by atoms with Gasteiger partial charge in [-0.1, -0.05) is 43.2 Å². The molecule has 3 rings (SSSR count). The SMILES string of the molecule is Cc1csc(NC(=O)C2(c3ccccc3)CCCC2)n1. The second-order valence-electron chi connectivity index (χ2n) is 5.40. The number of nitrogens with one attached hydrogen (secondary N) is 1. The van der Waals surface area contributed by atoms with Gasteiger partial charge in [-0.25, -0.2) is 4.98 Å². The molecule has 1 N–H and O–H groups in total. The van der Waals surface area contributed by atoms with Gasteiger partial charge in [-0.3, -0.25) is 4.79 Å². The lowest BCUT2D eigenvalue weighted by Crippen LogP contribution is -2.37. The summed E-state index contributed by atoms with van der Waals surface area (Å²) in [5.41, 5.74) is 1.70. The molecule has 1 fully saturated rings. The standard InChI is InChI=1S/C16H18N2OS/c1-12-11-20-15(17-12)18-14(19)16(9-5-6-10-16)13-7-3-2-4-8-13/h2-4,7-8,11H,5-6,9-10H2,1H3,(H,17,18,19). The quantitative estimate of drug-likeness (QED) is 0.929. The molecule has 3 nitrogen and oxygen atoms in total. The van der Waals surface area contributed by atoms with Gasteiger partial charge in [0.25, 0.3) is 0 Å². The molecule has 4 heteroatoms. The van der Waals surface area contributed by atoms with Gasteiger partial charge in [0.2, 0.25) is 5.91 Å². The molecule has 0 atom stereocenters. The van der Waals surface area contributed by atoms with Crippen molar-refractivity contribution in [1.29, 1.82) is 0 Å². The van der Waals surface area contributed by atoms with Gasteiger partial charge in [-0.15, -0.1) is 11.3 Å². The summed E-state index contributed by atoms with van der Waals surface area (Å²) >= 11 is 1.49. The first-order valence-electron chi connectivity index (χ1n) is 7.00. The Bertz CT molecular complexity index is 600. The number of aryl methyl sites for hydroxylation is 1. The van der Waals surface area contributed by atoms with E-state index in [1.165, 1.54) is 11.3 Å². The fraction of sp³-hybridized carbons (Fsp3) is 0.375. The van der Waals surface area contributed by atoms with Crippen molar-refractivity contribution < 1.29 is 4.79 Å². The topological polar surface area (TPSA) is 42.0 Å². The molecule has 0 unspecified atom stereocenters. The highest BCUT2D eigenvalue weighted by Gasteiger charge is 2.42. The smallest absolute Gasteiger partial charge is 0.236 e. The lowest BCUT2D eigenvalue weighted by molar-refractivity contribution is -0.121. The molecule has 1 heterocycles. The summed E-state index contributed by atoms with van der Waals surface area (Å²) in [7, 11) is 0. The molecule has 1 aliphatic rings. The van der Waals surface area contributed by atoms with E-state index in [1.54, 1.807) is 0 Å². The van der Waals surface area contributed by atoms with E-state index in [9.17, 15) is 4.79 Å². The Kier molecular flexibility index (Phi) is 3.57. The van der Waals surface area contributed by atoms with Crippen LogP contribution in [0, 0.1) is 6.92 Å². The number of anilines is 1. The summed E-state index contributed by atoms with van der Waals surface area (Å²) in [5, 5.41) is 5.67. The van der Waals surface area contributed by atoms with Crippen molar-refractivity contribution in [2.24, 2.45) is 0 Å². The molecule has 0 radical (unpaired) electrons. The number of nitrogens with zero attached hydrogens (tertiary/aromatic N) is 1. The zero-order valence-electron chi connectivity index (χ0n) is 11.6. The minimum atomic E-state index is -0.374. The molecule has 1 aromatic carbocycles. The van der Waals surface area contributed by atoms with Crippen LogP contribution in [-0.2, 0) is 10.2 Å². The van der Waals surface area contributed by atoms with E-state index >= 15 is 0 Å². The monoisotopic (exact) mass is 286 g/mol. The fourth-order valence-corrected chi connectivity index (χ4v) is 3.69. The van der Waals surface area contributed by atoms with Gasteiger partial charge in [0.05, 0.1) is 11.1 Å². The van der Waals surface area contributed by atoms with Gasteiger partial charge in [-0.2, -0.15) is 0 Å². The van der Waals surface area contributed by atoms with Crippen LogP contribution >= 0.6 is 11.3 Å². The van der Waals surface area contributed by atoms with Gasteiger partial charge in [0.15, 0.2) is 5.13 Å². The Morgan fingerprint density at radius 1 is 1.25 bits per heavy atom. The second-order valence-corrected chi connectivity index (χ2v) is 6.26. The predicted molar refractivity (Wildman–Crippen MR) is 82.1 cm³/mol. The second kappa shape index (κ2) is 5.37. The Hall–Kier alpha value is -1.68. The van der Waals surface area contributed by atoms with Crippen LogP contribution in [0.15, 0.2) is 35.7 Å². The van der Waals surface area contributed by atoms with Crippen molar-refractivity contribution in [2.75, 3.05) is 5.32 Å². The van der Waals surface area contributed by atoms with Crippen LogP contribution in [0.4, 0.5) is 5.13 Å². The molecule has 0 saturated heterocycles. The number of benzene rings is 1. The molecule has 1 saturated carbocycles.